The Labute approximate surface area is 67.9 Å². The third-order valence-electron chi connectivity index (χ3n) is 2.14. The SMILES string of the molecule is C[C@H](C=O)C[C@H]1CCCCO1. The maximum Gasteiger partial charge on any atom is 0.122 e. The van der Waals surface area contributed by atoms with E-state index in [1.165, 1.54) is 12.8 Å². The zero-order valence-electron chi connectivity index (χ0n) is 7.08. The Hall–Kier alpha value is -0.370. The average molecular weight is 156 g/mol. The van der Waals surface area contributed by atoms with Gasteiger partial charge in [-0.3, -0.25) is 0 Å². The van der Waals surface area contributed by atoms with Crippen LogP contribution >= 0.6 is 0 Å². The summed E-state index contributed by atoms with van der Waals surface area (Å²) in [5.74, 6) is 0.165. The van der Waals surface area contributed by atoms with E-state index in [1.807, 2.05) is 6.92 Å². The highest BCUT2D eigenvalue weighted by Gasteiger charge is 2.15. The molecule has 2 nitrogen and oxygen atoms in total. The third-order valence-corrected chi connectivity index (χ3v) is 2.14. The standard InChI is InChI=1S/C9H16O2/c1-8(7-10)6-9-4-2-3-5-11-9/h7-9H,2-6H2,1H3/t8-,9+/m0/s1. The Morgan fingerprint density at radius 2 is 2.45 bits per heavy atom. The van der Waals surface area contributed by atoms with Crippen molar-refractivity contribution in [2.24, 2.45) is 5.92 Å². The van der Waals surface area contributed by atoms with Crippen LogP contribution in [0.1, 0.15) is 32.6 Å². The van der Waals surface area contributed by atoms with Crippen LogP contribution in [-0.4, -0.2) is 19.0 Å². The van der Waals surface area contributed by atoms with Crippen molar-refractivity contribution < 1.29 is 9.53 Å². The molecule has 1 rings (SSSR count). The lowest BCUT2D eigenvalue weighted by molar-refractivity contribution is -0.112. The van der Waals surface area contributed by atoms with Gasteiger partial charge in [0.05, 0.1) is 6.10 Å². The van der Waals surface area contributed by atoms with Gasteiger partial charge in [0.1, 0.15) is 6.29 Å². The summed E-state index contributed by atoms with van der Waals surface area (Å²) >= 11 is 0. The van der Waals surface area contributed by atoms with Crippen LogP contribution in [0.5, 0.6) is 0 Å². The lowest BCUT2D eigenvalue weighted by Crippen LogP contribution is -2.21. The number of hydrogen-bond acceptors (Lipinski definition) is 2. The topological polar surface area (TPSA) is 26.3 Å². The van der Waals surface area contributed by atoms with E-state index in [0.29, 0.717) is 6.10 Å². The van der Waals surface area contributed by atoms with E-state index in [-0.39, 0.29) is 5.92 Å². The monoisotopic (exact) mass is 156 g/mol. The number of ether oxygens (including phenoxy) is 1. The molecule has 0 aromatic heterocycles. The second-order valence-corrected chi connectivity index (χ2v) is 3.34. The fraction of sp³-hybridized carbons (Fsp3) is 0.889. The Morgan fingerprint density at radius 1 is 1.64 bits per heavy atom. The molecule has 0 N–H and O–H groups in total. The minimum Gasteiger partial charge on any atom is -0.378 e. The summed E-state index contributed by atoms with van der Waals surface area (Å²) in [7, 11) is 0. The molecule has 0 aromatic carbocycles. The van der Waals surface area contributed by atoms with Crippen molar-refractivity contribution >= 4 is 6.29 Å². The van der Waals surface area contributed by atoms with E-state index in [0.717, 1.165) is 25.7 Å². The van der Waals surface area contributed by atoms with Crippen molar-refractivity contribution in [1.82, 2.24) is 0 Å². The smallest absolute Gasteiger partial charge is 0.122 e. The summed E-state index contributed by atoms with van der Waals surface area (Å²) < 4.78 is 5.49. The molecule has 0 bridgehead atoms. The Kier molecular flexibility index (Phi) is 3.57. The second-order valence-electron chi connectivity index (χ2n) is 3.34. The summed E-state index contributed by atoms with van der Waals surface area (Å²) in [5, 5.41) is 0. The van der Waals surface area contributed by atoms with Crippen LogP contribution in [0.4, 0.5) is 0 Å². The number of carbonyl (C=O) groups is 1. The van der Waals surface area contributed by atoms with Gasteiger partial charge in [-0.1, -0.05) is 6.92 Å². The highest BCUT2D eigenvalue weighted by molar-refractivity contribution is 5.52. The Balaban J connectivity index is 2.18. The highest BCUT2D eigenvalue weighted by atomic mass is 16.5. The van der Waals surface area contributed by atoms with E-state index >= 15 is 0 Å². The molecule has 0 aromatic rings. The largest absolute Gasteiger partial charge is 0.378 e. The number of aldehydes is 1. The van der Waals surface area contributed by atoms with Crippen molar-refractivity contribution in [2.45, 2.75) is 38.7 Å². The molecule has 0 spiro atoms. The normalized spacial score (nSPS) is 27.9. The molecule has 0 amide bonds. The molecule has 1 saturated heterocycles. The molecule has 1 fully saturated rings. The minimum absolute atomic E-state index is 0.165. The second kappa shape index (κ2) is 4.50. The molecule has 1 aliphatic rings. The highest BCUT2D eigenvalue weighted by Crippen LogP contribution is 2.18. The van der Waals surface area contributed by atoms with E-state index in [2.05, 4.69) is 0 Å². The summed E-state index contributed by atoms with van der Waals surface area (Å²) in [6, 6.07) is 0. The molecule has 2 heteroatoms. The molecule has 1 heterocycles. The molecule has 0 aliphatic carbocycles. The van der Waals surface area contributed by atoms with Crippen molar-refractivity contribution in [3.05, 3.63) is 0 Å². The lowest BCUT2D eigenvalue weighted by Gasteiger charge is -2.23. The fourth-order valence-electron chi connectivity index (χ4n) is 1.46. The van der Waals surface area contributed by atoms with Crippen LogP contribution in [0.15, 0.2) is 0 Å². The maximum atomic E-state index is 10.3. The van der Waals surface area contributed by atoms with Crippen molar-refractivity contribution in [1.29, 1.82) is 0 Å². The van der Waals surface area contributed by atoms with Crippen LogP contribution in [-0.2, 0) is 9.53 Å². The van der Waals surface area contributed by atoms with Crippen molar-refractivity contribution in [3.63, 3.8) is 0 Å². The van der Waals surface area contributed by atoms with Gasteiger partial charge in [-0.15, -0.1) is 0 Å². The summed E-state index contributed by atoms with van der Waals surface area (Å²) in [4.78, 5) is 10.3. The molecule has 64 valence electrons. The number of carbonyl (C=O) groups excluding carboxylic acids is 1. The Bertz CT molecular complexity index is 117. The summed E-state index contributed by atoms with van der Waals surface area (Å²) in [5.41, 5.74) is 0. The molecule has 0 radical (unpaired) electrons. The fourth-order valence-corrected chi connectivity index (χ4v) is 1.46. The molecule has 11 heavy (non-hydrogen) atoms. The van der Waals surface area contributed by atoms with E-state index in [9.17, 15) is 4.79 Å². The molecule has 1 aliphatic heterocycles. The van der Waals surface area contributed by atoms with Crippen LogP contribution < -0.4 is 0 Å². The predicted molar refractivity (Wildman–Crippen MR) is 43.4 cm³/mol. The van der Waals surface area contributed by atoms with Crippen LogP contribution in [0.2, 0.25) is 0 Å². The first-order valence-corrected chi connectivity index (χ1v) is 4.40. The maximum absolute atomic E-state index is 10.3. The van der Waals surface area contributed by atoms with Gasteiger partial charge in [-0.05, 0) is 25.7 Å². The third kappa shape index (κ3) is 3.02. The van der Waals surface area contributed by atoms with Gasteiger partial charge in [-0.2, -0.15) is 0 Å². The van der Waals surface area contributed by atoms with Gasteiger partial charge in [0, 0.05) is 12.5 Å². The van der Waals surface area contributed by atoms with Gasteiger partial charge in [0.2, 0.25) is 0 Å². The predicted octanol–water partition coefficient (Wildman–Crippen LogP) is 1.78. The van der Waals surface area contributed by atoms with E-state index in [4.69, 9.17) is 4.74 Å². The van der Waals surface area contributed by atoms with Crippen molar-refractivity contribution in [3.8, 4) is 0 Å². The van der Waals surface area contributed by atoms with Gasteiger partial charge in [-0.25, -0.2) is 0 Å². The van der Waals surface area contributed by atoms with Gasteiger partial charge < -0.3 is 9.53 Å². The zero-order chi connectivity index (χ0) is 8.10. The summed E-state index contributed by atoms with van der Waals surface area (Å²) in [6.45, 7) is 2.83. The number of hydrogen-bond donors (Lipinski definition) is 0. The van der Waals surface area contributed by atoms with Gasteiger partial charge in [0.15, 0.2) is 0 Å². The molecular weight excluding hydrogens is 140 g/mol. The molecular formula is C9H16O2. The lowest BCUT2D eigenvalue weighted by atomic mass is 9.99. The quantitative estimate of drug-likeness (QED) is 0.582. The molecule has 0 unspecified atom stereocenters. The van der Waals surface area contributed by atoms with Crippen LogP contribution in [0.25, 0.3) is 0 Å². The number of rotatable bonds is 3. The van der Waals surface area contributed by atoms with Crippen LogP contribution in [0, 0.1) is 5.92 Å². The first-order chi connectivity index (χ1) is 5.33. The van der Waals surface area contributed by atoms with E-state index in [1.54, 1.807) is 0 Å². The first-order valence-electron chi connectivity index (χ1n) is 4.40. The summed E-state index contributed by atoms with van der Waals surface area (Å²) in [6.07, 6.45) is 5.85. The molecule has 2 atom stereocenters. The minimum atomic E-state index is 0.165. The van der Waals surface area contributed by atoms with Crippen LogP contribution in [0.3, 0.4) is 0 Å². The van der Waals surface area contributed by atoms with Gasteiger partial charge >= 0.3 is 0 Å². The van der Waals surface area contributed by atoms with Gasteiger partial charge in [0.25, 0.3) is 0 Å². The Morgan fingerprint density at radius 3 is 3.00 bits per heavy atom. The van der Waals surface area contributed by atoms with E-state index < -0.39 is 0 Å². The molecule has 0 saturated carbocycles. The first kappa shape index (κ1) is 8.72. The van der Waals surface area contributed by atoms with Crippen molar-refractivity contribution in [2.75, 3.05) is 6.61 Å². The average Bonchev–Trinajstić information content (AvgIpc) is 2.06. The zero-order valence-corrected chi connectivity index (χ0v) is 7.08.